The van der Waals surface area contributed by atoms with Crippen LogP contribution < -0.4 is 5.73 Å². The lowest BCUT2D eigenvalue weighted by molar-refractivity contribution is 0.0961. The maximum absolute atomic E-state index is 11.9. The van der Waals surface area contributed by atoms with Gasteiger partial charge in [0.2, 0.25) is 0 Å². The van der Waals surface area contributed by atoms with Crippen LogP contribution in [-0.2, 0) is 0 Å². The molecule has 0 aliphatic heterocycles. The van der Waals surface area contributed by atoms with E-state index in [-0.39, 0.29) is 11.7 Å². The van der Waals surface area contributed by atoms with Gasteiger partial charge in [-0.3, -0.25) is 4.79 Å². The van der Waals surface area contributed by atoms with Gasteiger partial charge in [-0.15, -0.1) is 11.3 Å². The normalized spacial score (nSPS) is 13.1. The summed E-state index contributed by atoms with van der Waals surface area (Å²) in [7, 11) is 0. The molecule has 1 heterocycles. The zero-order valence-electron chi connectivity index (χ0n) is 9.70. The van der Waals surface area contributed by atoms with Crippen LogP contribution in [0.3, 0.4) is 0 Å². The van der Waals surface area contributed by atoms with E-state index in [1.54, 1.807) is 6.07 Å². The molecule has 1 unspecified atom stereocenters. The Hall–Kier alpha value is -0.380. The van der Waals surface area contributed by atoms with Gasteiger partial charge in [0.1, 0.15) is 0 Å². The van der Waals surface area contributed by atoms with Crippen molar-refractivity contribution in [1.82, 2.24) is 0 Å². The van der Waals surface area contributed by atoms with Crippen molar-refractivity contribution in [1.29, 1.82) is 0 Å². The van der Waals surface area contributed by atoms with E-state index >= 15 is 0 Å². The van der Waals surface area contributed by atoms with Crippen molar-refractivity contribution in [3.05, 3.63) is 21.3 Å². The van der Waals surface area contributed by atoms with Crippen molar-refractivity contribution in [3.8, 4) is 0 Å². The third kappa shape index (κ3) is 3.89. The summed E-state index contributed by atoms with van der Waals surface area (Å²) in [6.07, 6.45) is 1.50. The minimum Gasteiger partial charge on any atom is -0.330 e. The zero-order valence-corrected chi connectivity index (χ0v) is 11.3. The minimum absolute atomic E-state index is 0.121. The highest BCUT2D eigenvalue weighted by molar-refractivity contribution is 7.12. The van der Waals surface area contributed by atoms with Gasteiger partial charge in [-0.05, 0) is 36.2 Å². The lowest BCUT2D eigenvalue weighted by atomic mass is 9.92. The highest BCUT2D eigenvalue weighted by atomic mass is 35.5. The average Bonchev–Trinajstić information content (AvgIpc) is 2.62. The highest BCUT2D eigenvalue weighted by Crippen LogP contribution is 2.26. The Bertz CT molecular complexity index is 349. The number of rotatable bonds is 6. The Morgan fingerprint density at radius 3 is 2.69 bits per heavy atom. The first-order chi connectivity index (χ1) is 7.54. The number of nitrogens with two attached hydrogens (primary N) is 1. The number of hydrogen-bond donors (Lipinski definition) is 1. The molecule has 0 saturated heterocycles. The zero-order chi connectivity index (χ0) is 12.1. The number of Topliss-reactive ketones (excluding diaryl/α,β-unsaturated/α-hetero) is 1. The number of thiophene rings is 1. The van der Waals surface area contributed by atoms with Crippen molar-refractivity contribution in [3.63, 3.8) is 0 Å². The summed E-state index contributed by atoms with van der Waals surface area (Å²) >= 11 is 7.33. The lowest BCUT2D eigenvalue weighted by Crippen LogP contribution is -2.19. The van der Waals surface area contributed by atoms with Crippen LogP contribution >= 0.6 is 22.9 Å². The van der Waals surface area contributed by atoms with Gasteiger partial charge in [-0.1, -0.05) is 25.4 Å². The van der Waals surface area contributed by atoms with E-state index in [9.17, 15) is 4.79 Å². The summed E-state index contributed by atoms with van der Waals surface area (Å²) in [6, 6.07) is 1.76. The van der Waals surface area contributed by atoms with Gasteiger partial charge in [0.05, 0.1) is 9.90 Å². The lowest BCUT2D eigenvalue weighted by Gasteiger charge is -2.15. The molecule has 0 fully saturated rings. The van der Waals surface area contributed by atoms with Gasteiger partial charge >= 0.3 is 0 Å². The van der Waals surface area contributed by atoms with Crippen LogP contribution in [0.2, 0.25) is 5.02 Å². The Labute approximate surface area is 106 Å². The number of halogens is 1. The van der Waals surface area contributed by atoms with Crippen LogP contribution in [0.5, 0.6) is 0 Å². The largest absolute Gasteiger partial charge is 0.330 e. The SMILES string of the molecule is CC(C)CC(CN)CC(=O)c1sccc1Cl. The molecule has 2 N–H and O–H groups in total. The van der Waals surface area contributed by atoms with Crippen LogP contribution in [0.4, 0.5) is 0 Å². The van der Waals surface area contributed by atoms with E-state index < -0.39 is 0 Å². The maximum Gasteiger partial charge on any atom is 0.174 e. The van der Waals surface area contributed by atoms with Gasteiger partial charge in [0, 0.05) is 6.42 Å². The van der Waals surface area contributed by atoms with Crippen molar-refractivity contribution >= 4 is 28.7 Å². The van der Waals surface area contributed by atoms with Crippen molar-refractivity contribution < 1.29 is 4.79 Å². The molecule has 0 amide bonds. The van der Waals surface area contributed by atoms with Gasteiger partial charge in [-0.2, -0.15) is 0 Å². The van der Waals surface area contributed by atoms with Gasteiger partial charge in [-0.25, -0.2) is 0 Å². The molecule has 0 aliphatic carbocycles. The first-order valence-corrected chi connectivity index (χ1v) is 6.76. The van der Waals surface area contributed by atoms with Crippen molar-refractivity contribution in [2.45, 2.75) is 26.7 Å². The third-order valence-corrected chi connectivity index (χ3v) is 3.87. The fourth-order valence-electron chi connectivity index (χ4n) is 1.78. The molecule has 4 heteroatoms. The topological polar surface area (TPSA) is 43.1 Å². The monoisotopic (exact) mass is 259 g/mol. The molecule has 16 heavy (non-hydrogen) atoms. The Balaban J connectivity index is 2.59. The Kier molecular flexibility index (Phi) is 5.46. The molecule has 1 aromatic rings. The molecule has 1 rings (SSSR count). The summed E-state index contributed by atoms with van der Waals surface area (Å²) < 4.78 is 0. The molecule has 2 nitrogen and oxygen atoms in total. The average molecular weight is 260 g/mol. The predicted octanol–water partition coefficient (Wildman–Crippen LogP) is 3.60. The summed E-state index contributed by atoms with van der Waals surface area (Å²) in [6.45, 7) is 4.85. The smallest absolute Gasteiger partial charge is 0.174 e. The summed E-state index contributed by atoms with van der Waals surface area (Å²) in [5.74, 6) is 0.960. The number of carbonyl (C=O) groups is 1. The van der Waals surface area contributed by atoms with E-state index in [2.05, 4.69) is 13.8 Å². The fraction of sp³-hybridized carbons (Fsp3) is 0.583. The van der Waals surface area contributed by atoms with Crippen LogP contribution in [0, 0.1) is 11.8 Å². The molecule has 1 atom stereocenters. The summed E-state index contributed by atoms with van der Waals surface area (Å²) in [5, 5.41) is 2.41. The molecular formula is C12H18ClNOS. The van der Waals surface area contributed by atoms with Gasteiger partial charge in [0.25, 0.3) is 0 Å². The number of ketones is 1. The summed E-state index contributed by atoms with van der Waals surface area (Å²) in [5.41, 5.74) is 5.68. The maximum atomic E-state index is 11.9. The predicted molar refractivity (Wildman–Crippen MR) is 70.3 cm³/mol. The molecule has 0 bridgehead atoms. The second kappa shape index (κ2) is 6.38. The van der Waals surface area contributed by atoms with Crippen LogP contribution in [-0.4, -0.2) is 12.3 Å². The molecule has 0 radical (unpaired) electrons. The molecule has 0 aromatic carbocycles. The first-order valence-electron chi connectivity index (χ1n) is 5.50. The summed E-state index contributed by atoms with van der Waals surface area (Å²) in [4.78, 5) is 12.6. The van der Waals surface area contributed by atoms with Crippen LogP contribution in [0.15, 0.2) is 11.4 Å². The van der Waals surface area contributed by atoms with Gasteiger partial charge < -0.3 is 5.73 Å². The highest BCUT2D eigenvalue weighted by Gasteiger charge is 2.18. The van der Waals surface area contributed by atoms with Crippen molar-refractivity contribution in [2.75, 3.05) is 6.54 Å². The number of hydrogen-bond acceptors (Lipinski definition) is 3. The molecule has 1 aromatic heterocycles. The van der Waals surface area contributed by atoms with Crippen LogP contribution in [0.1, 0.15) is 36.4 Å². The second-order valence-corrected chi connectivity index (χ2v) is 5.78. The Morgan fingerprint density at radius 1 is 1.56 bits per heavy atom. The standard InChI is InChI=1S/C12H18ClNOS/c1-8(2)5-9(7-14)6-11(15)12-10(13)3-4-16-12/h3-4,8-9H,5-7,14H2,1-2H3. The van der Waals surface area contributed by atoms with E-state index in [1.165, 1.54) is 11.3 Å². The molecule has 0 spiro atoms. The molecule has 0 saturated carbocycles. The molecular weight excluding hydrogens is 242 g/mol. The fourth-order valence-corrected chi connectivity index (χ4v) is 2.89. The van der Waals surface area contributed by atoms with E-state index in [0.29, 0.717) is 28.8 Å². The van der Waals surface area contributed by atoms with Crippen LogP contribution in [0.25, 0.3) is 0 Å². The number of carbonyl (C=O) groups excluding carboxylic acids is 1. The van der Waals surface area contributed by atoms with E-state index in [1.807, 2.05) is 5.38 Å². The van der Waals surface area contributed by atoms with Crippen molar-refractivity contribution in [2.24, 2.45) is 17.6 Å². The molecule has 90 valence electrons. The van der Waals surface area contributed by atoms with Gasteiger partial charge in [0.15, 0.2) is 5.78 Å². The molecule has 0 aliphatic rings. The minimum atomic E-state index is 0.121. The van der Waals surface area contributed by atoms with E-state index in [4.69, 9.17) is 17.3 Å². The first kappa shape index (κ1) is 13.7. The Morgan fingerprint density at radius 2 is 2.25 bits per heavy atom. The third-order valence-electron chi connectivity index (χ3n) is 2.48. The second-order valence-electron chi connectivity index (χ2n) is 4.46. The quantitative estimate of drug-likeness (QED) is 0.794. The van der Waals surface area contributed by atoms with E-state index in [0.717, 1.165) is 6.42 Å².